The summed E-state index contributed by atoms with van der Waals surface area (Å²) in [6.45, 7) is 18.9. The number of aliphatic hydroxyl groups excluding tert-OH is 1. The van der Waals surface area contributed by atoms with E-state index in [1.807, 2.05) is 60.5 Å². The number of rotatable bonds is 42. The number of aliphatic hydroxyl groups is 1. The van der Waals surface area contributed by atoms with Crippen LogP contribution in [0.3, 0.4) is 0 Å². The predicted molar refractivity (Wildman–Crippen MR) is 371 cm³/mol. The minimum Gasteiger partial charge on any atom is -0.497 e. The fourth-order valence-corrected chi connectivity index (χ4v) is 13.3. The fraction of sp³-hybridized carbons (Fsp3) is 0.653. The molecule has 8 N–H and O–H groups in total. The lowest BCUT2D eigenvalue weighted by Gasteiger charge is -2.41. The Balaban J connectivity index is 1.43. The molecule has 13 atom stereocenters. The SMILES string of the molecule is CC[C@H](C)[C@@H]([C@@H](CC(=O)N1C[C@@H](O)C[C@H]1[C@H](OC)[C@@H](C)C(=O)N[C@H](C)C(NC(=O)OCc1ccc(NC(=O)[C@H](CCCNC(N)=O)CC(=O)[C@@H](NC(=O)CCCCCN2C(=O)C=CC2=O)C(C)C)cc1)c1ccc(OC)cc1)OC)N(C)C(=O)[C@@H](CC(=O)[C@H](C(C)C)N(C)C)C(C)C. The summed E-state index contributed by atoms with van der Waals surface area (Å²) < 4.78 is 23.2. The largest absolute Gasteiger partial charge is 0.497 e. The van der Waals surface area contributed by atoms with Crippen molar-refractivity contribution in [2.75, 3.05) is 67.4 Å². The second kappa shape index (κ2) is 40.3. The molecular weight excluding hydrogens is 1260 g/mol. The van der Waals surface area contributed by atoms with Crippen LogP contribution in [0.5, 0.6) is 5.75 Å². The van der Waals surface area contributed by atoms with Gasteiger partial charge in [0, 0.05) is 89.8 Å². The number of anilines is 1. The third kappa shape index (κ3) is 24.6. The number of nitrogens with one attached hydrogen (secondary N) is 5. The Hall–Kier alpha value is -7.81. The second-order valence-corrected chi connectivity index (χ2v) is 27.5. The van der Waals surface area contributed by atoms with Crippen molar-refractivity contribution in [3.05, 3.63) is 71.8 Å². The van der Waals surface area contributed by atoms with Gasteiger partial charge in [0.1, 0.15) is 12.4 Å². The van der Waals surface area contributed by atoms with E-state index in [0.717, 1.165) is 4.90 Å². The van der Waals surface area contributed by atoms with Crippen LogP contribution in [0, 0.1) is 41.4 Å². The Labute approximate surface area is 579 Å². The lowest BCUT2D eigenvalue weighted by Crippen LogP contribution is -2.55. The second-order valence-electron chi connectivity index (χ2n) is 27.5. The van der Waals surface area contributed by atoms with Crippen molar-refractivity contribution in [3.8, 4) is 5.75 Å². The number of amides is 10. The topological polar surface area (TPSA) is 344 Å². The van der Waals surface area contributed by atoms with Crippen LogP contribution in [0.4, 0.5) is 15.3 Å². The number of alkyl carbamates (subject to hydrolysis) is 1. The van der Waals surface area contributed by atoms with Gasteiger partial charge < -0.3 is 66.2 Å². The molecule has 26 heteroatoms. The molecule has 0 spiro atoms. The van der Waals surface area contributed by atoms with Crippen LogP contribution in [0.25, 0.3) is 0 Å². The van der Waals surface area contributed by atoms with Crippen LogP contribution in [0.15, 0.2) is 60.7 Å². The molecule has 1 fully saturated rings. The van der Waals surface area contributed by atoms with Gasteiger partial charge in [0.25, 0.3) is 11.8 Å². The Morgan fingerprint density at radius 1 is 0.724 bits per heavy atom. The molecule has 2 aromatic carbocycles. The predicted octanol–water partition coefficient (Wildman–Crippen LogP) is 6.46. The van der Waals surface area contributed by atoms with Crippen molar-refractivity contribution < 1.29 is 76.8 Å². The first-order valence-corrected chi connectivity index (χ1v) is 34.4. The van der Waals surface area contributed by atoms with E-state index in [4.69, 9.17) is 24.7 Å². The zero-order valence-electron chi connectivity index (χ0n) is 60.6. The van der Waals surface area contributed by atoms with E-state index < -0.39 is 90.2 Å². The molecular formula is C72H112N10O16. The lowest BCUT2D eigenvalue weighted by molar-refractivity contribution is -0.149. The van der Waals surface area contributed by atoms with Crippen molar-refractivity contribution in [1.82, 2.24) is 40.9 Å². The number of ether oxygens (including phenoxy) is 4. The van der Waals surface area contributed by atoms with Gasteiger partial charge >= 0.3 is 12.1 Å². The highest BCUT2D eigenvalue weighted by Gasteiger charge is 2.46. The quantitative estimate of drug-likeness (QED) is 0.0277. The first-order chi connectivity index (χ1) is 46.3. The van der Waals surface area contributed by atoms with E-state index in [2.05, 4.69) is 26.6 Å². The first kappa shape index (κ1) is 82.6. The van der Waals surface area contributed by atoms with Crippen LogP contribution >= 0.6 is 0 Å². The number of nitrogens with zero attached hydrogens (tertiary/aromatic N) is 4. The Bertz CT molecular complexity index is 2990. The summed E-state index contributed by atoms with van der Waals surface area (Å²) in [4.78, 5) is 153. The molecule has 2 aliphatic heterocycles. The average molecular weight is 1370 g/mol. The van der Waals surface area contributed by atoms with Gasteiger partial charge in [-0.3, -0.25) is 53.0 Å². The van der Waals surface area contributed by atoms with Crippen molar-refractivity contribution >= 4 is 70.7 Å². The summed E-state index contributed by atoms with van der Waals surface area (Å²) in [6.07, 6.45) is 1.60. The number of nitrogens with two attached hydrogens (primary N) is 1. The van der Waals surface area contributed by atoms with Crippen LogP contribution in [-0.2, 0) is 64.0 Å². The molecule has 0 bridgehead atoms. The van der Waals surface area contributed by atoms with Gasteiger partial charge in [-0.25, -0.2) is 9.59 Å². The van der Waals surface area contributed by atoms with Gasteiger partial charge in [0.15, 0.2) is 11.6 Å². The maximum atomic E-state index is 14.7. The number of carbonyl (C=O) groups excluding carboxylic acids is 11. The molecule has 98 heavy (non-hydrogen) atoms. The number of methoxy groups -OCH3 is 3. The standard InChI is InChI=1S/C72H112N10O16/c1-17-45(8)66(80(13)70(92)54(42(2)3)38-57(85)65(44(6)7)79(11)12)58(96-15)39-62(89)82-40-52(83)37-55(82)67(97-16)46(9)68(90)75-47(10)64(49-26-30-53(95-14)31-27-49)78-72(94)98-41-48-24-28-51(29-25-48)76-69(91)50(22-21-34-74-71(73)93)36-56(84)63(43(4)5)77-59(86)23-19-18-20-35-81-60(87)32-33-61(81)88/h24-33,42-47,50,52,54-55,58,63-67,83H,17-23,34-41H2,1-16H3,(H,75,90)(H,76,91)(H,77,86)(H,78,94)(H3,73,74,93)/t45-,46+,47+,50+,52-,54-,55-,58+,63-,64?,65-,66-,67+/m0/s1. The number of imide groups is 1. The number of primary amides is 1. The minimum absolute atomic E-state index is 0.0165. The third-order valence-corrected chi connectivity index (χ3v) is 18.9. The van der Waals surface area contributed by atoms with Gasteiger partial charge in [-0.15, -0.1) is 0 Å². The van der Waals surface area contributed by atoms with Gasteiger partial charge in [-0.05, 0) is 112 Å². The molecule has 0 saturated carbocycles. The zero-order chi connectivity index (χ0) is 73.2. The van der Waals surface area contributed by atoms with Gasteiger partial charge in [0.05, 0.1) is 74.0 Å². The van der Waals surface area contributed by atoms with Gasteiger partial charge in [-0.1, -0.05) is 99.4 Å². The van der Waals surface area contributed by atoms with E-state index in [1.165, 1.54) is 38.4 Å². The molecule has 546 valence electrons. The molecule has 1 saturated heterocycles. The third-order valence-electron chi connectivity index (χ3n) is 18.9. The molecule has 2 aliphatic rings. The molecule has 1 unspecified atom stereocenters. The van der Waals surface area contributed by atoms with Crippen LogP contribution in [0.2, 0.25) is 0 Å². The van der Waals surface area contributed by atoms with Gasteiger partial charge in [0.2, 0.25) is 29.5 Å². The van der Waals surface area contributed by atoms with Crippen molar-refractivity contribution in [2.45, 2.75) is 201 Å². The molecule has 26 nitrogen and oxygen atoms in total. The molecule has 2 aromatic rings. The molecule has 0 radical (unpaired) electrons. The fourth-order valence-electron chi connectivity index (χ4n) is 13.3. The molecule has 10 amide bonds. The summed E-state index contributed by atoms with van der Waals surface area (Å²) in [5.74, 6) is -5.39. The van der Waals surface area contributed by atoms with Crippen LogP contribution in [-0.4, -0.2) is 200 Å². The summed E-state index contributed by atoms with van der Waals surface area (Å²) in [6, 6.07) is 8.46. The number of ketones is 2. The maximum absolute atomic E-state index is 14.7. The highest BCUT2D eigenvalue weighted by molar-refractivity contribution is 6.12. The maximum Gasteiger partial charge on any atom is 0.408 e. The number of Topliss-reactive ketones (excluding diaryl/α,β-unsaturated/α-hetero) is 2. The first-order valence-electron chi connectivity index (χ1n) is 34.4. The zero-order valence-corrected chi connectivity index (χ0v) is 60.6. The number of hydrogen-bond acceptors (Lipinski definition) is 17. The highest BCUT2D eigenvalue weighted by Crippen LogP contribution is 2.33. The number of likely N-dealkylation sites (N-methyl/N-ethyl adjacent to an activating group) is 2. The number of β-amino-alcohol motifs (C(OH)–C–C–N with tert-alkyl or cyclic N) is 1. The van der Waals surface area contributed by atoms with Crippen LogP contribution < -0.4 is 37.1 Å². The summed E-state index contributed by atoms with van der Waals surface area (Å²) >= 11 is 0. The number of likely N-dealkylation sites (tertiary alicyclic amines) is 1. The number of carbonyl (C=O) groups is 11. The molecule has 4 rings (SSSR count). The smallest absolute Gasteiger partial charge is 0.408 e. The highest BCUT2D eigenvalue weighted by atomic mass is 16.5. The Kier molecular flexibility index (Phi) is 34.0. The number of hydrogen-bond donors (Lipinski definition) is 7. The average Bonchev–Trinajstić information content (AvgIpc) is 1.49. The lowest BCUT2D eigenvalue weighted by atomic mass is 9.83. The van der Waals surface area contributed by atoms with Gasteiger partial charge in [-0.2, -0.15) is 0 Å². The van der Waals surface area contributed by atoms with E-state index in [-0.39, 0.29) is 136 Å². The summed E-state index contributed by atoms with van der Waals surface area (Å²) in [5, 5.41) is 25.3. The molecule has 0 aromatic heterocycles. The monoisotopic (exact) mass is 1370 g/mol. The number of benzene rings is 2. The van der Waals surface area contributed by atoms with E-state index in [0.29, 0.717) is 54.7 Å². The number of urea groups is 1. The van der Waals surface area contributed by atoms with E-state index in [9.17, 15) is 57.8 Å². The molecule has 2 heterocycles. The minimum atomic E-state index is -0.935. The summed E-state index contributed by atoms with van der Waals surface area (Å²) in [7, 11) is 9.88. The Morgan fingerprint density at radius 2 is 1.37 bits per heavy atom. The van der Waals surface area contributed by atoms with E-state index >= 15 is 0 Å². The van der Waals surface area contributed by atoms with Crippen molar-refractivity contribution in [2.24, 2.45) is 47.2 Å². The summed E-state index contributed by atoms with van der Waals surface area (Å²) in [5.41, 5.74) is 6.79. The number of unbranched alkanes of at least 4 members (excludes halogenated alkanes) is 2. The van der Waals surface area contributed by atoms with Crippen LogP contribution in [0.1, 0.15) is 157 Å². The Morgan fingerprint density at radius 3 is 1.92 bits per heavy atom. The normalized spacial score (nSPS) is 18.1. The van der Waals surface area contributed by atoms with Crippen molar-refractivity contribution in [3.63, 3.8) is 0 Å². The van der Waals surface area contributed by atoms with Crippen molar-refractivity contribution in [1.29, 1.82) is 0 Å². The van der Waals surface area contributed by atoms with E-state index in [1.54, 1.807) is 88.2 Å². The molecule has 0 aliphatic carbocycles.